The van der Waals surface area contributed by atoms with Crippen molar-refractivity contribution in [2.45, 2.75) is 19.3 Å². The highest BCUT2D eigenvalue weighted by atomic mass is 19.3. The molecule has 26 heavy (non-hydrogen) atoms. The molecule has 0 atom stereocenters. The summed E-state index contributed by atoms with van der Waals surface area (Å²) in [7, 11) is 0. The Hall–Kier alpha value is -2.88. The van der Waals surface area contributed by atoms with Crippen LogP contribution in [-0.2, 0) is 12.8 Å². The van der Waals surface area contributed by atoms with Gasteiger partial charge in [-0.2, -0.15) is 0 Å². The van der Waals surface area contributed by atoms with Crippen molar-refractivity contribution in [3.05, 3.63) is 100 Å². The van der Waals surface area contributed by atoms with Crippen molar-refractivity contribution in [2.75, 3.05) is 0 Å². The molecule has 1 aromatic heterocycles. The van der Waals surface area contributed by atoms with Crippen LogP contribution in [0, 0.1) is 5.82 Å². The van der Waals surface area contributed by atoms with Crippen LogP contribution in [0.15, 0.2) is 60.8 Å². The molecular weight excluding hydrogens is 335 g/mol. The molecule has 4 rings (SSSR count). The molecule has 1 aliphatic rings. The molecule has 130 valence electrons. The molecule has 0 saturated heterocycles. The van der Waals surface area contributed by atoms with Gasteiger partial charge in [0, 0.05) is 23.0 Å². The number of fused-ring (bicyclic) bond motifs is 2. The zero-order valence-corrected chi connectivity index (χ0v) is 13.9. The summed E-state index contributed by atoms with van der Waals surface area (Å²) in [4.78, 5) is 4.48. The minimum atomic E-state index is -2.48. The van der Waals surface area contributed by atoms with Crippen LogP contribution in [-0.4, -0.2) is 4.98 Å². The Morgan fingerprint density at radius 2 is 1.73 bits per heavy atom. The predicted octanol–water partition coefficient (Wildman–Crippen LogP) is 5.85. The Morgan fingerprint density at radius 3 is 2.50 bits per heavy atom. The maximum absolute atomic E-state index is 13.7. The Labute approximate surface area is 149 Å². The van der Waals surface area contributed by atoms with Gasteiger partial charge in [0.15, 0.2) is 0 Å². The molecule has 0 saturated carbocycles. The zero-order valence-electron chi connectivity index (χ0n) is 13.9. The fraction of sp³-hybridized carbons (Fsp3) is 0.136. The summed E-state index contributed by atoms with van der Waals surface area (Å²) < 4.78 is 39.3. The predicted molar refractivity (Wildman–Crippen MR) is 96.4 cm³/mol. The van der Waals surface area contributed by atoms with Crippen LogP contribution in [0.25, 0.3) is 11.6 Å². The van der Waals surface area contributed by atoms with Gasteiger partial charge >= 0.3 is 0 Å². The number of alkyl halides is 2. The fourth-order valence-electron chi connectivity index (χ4n) is 3.37. The Morgan fingerprint density at radius 1 is 0.923 bits per heavy atom. The van der Waals surface area contributed by atoms with Gasteiger partial charge in [-0.1, -0.05) is 36.4 Å². The lowest BCUT2D eigenvalue weighted by Gasteiger charge is -2.12. The number of hydrogen-bond donors (Lipinski definition) is 0. The van der Waals surface area contributed by atoms with Crippen LogP contribution in [0.5, 0.6) is 0 Å². The van der Waals surface area contributed by atoms with E-state index in [0.29, 0.717) is 6.42 Å². The molecule has 0 fully saturated rings. The molecule has 1 heterocycles. The van der Waals surface area contributed by atoms with E-state index in [9.17, 15) is 13.2 Å². The molecular formula is C22H16F3N. The molecule has 3 aromatic rings. The molecule has 0 bridgehead atoms. The number of aromatic nitrogens is 1. The first-order valence-electron chi connectivity index (χ1n) is 8.45. The summed E-state index contributed by atoms with van der Waals surface area (Å²) in [6, 6.07) is 14.9. The van der Waals surface area contributed by atoms with Crippen LogP contribution in [0.3, 0.4) is 0 Å². The molecule has 1 nitrogen and oxygen atoms in total. The largest absolute Gasteiger partial charge is 0.263 e. The quantitative estimate of drug-likeness (QED) is 0.565. The molecule has 0 spiro atoms. The maximum Gasteiger partial charge on any atom is 0.263 e. The molecule has 0 radical (unpaired) electrons. The van der Waals surface area contributed by atoms with Crippen molar-refractivity contribution >= 4 is 11.6 Å². The second-order valence-corrected chi connectivity index (χ2v) is 6.32. The van der Waals surface area contributed by atoms with Gasteiger partial charge in [0.2, 0.25) is 0 Å². The second-order valence-electron chi connectivity index (χ2n) is 6.32. The van der Waals surface area contributed by atoms with Gasteiger partial charge in [0.25, 0.3) is 6.43 Å². The van der Waals surface area contributed by atoms with Crippen LogP contribution in [0.4, 0.5) is 13.2 Å². The van der Waals surface area contributed by atoms with Crippen molar-refractivity contribution in [3.63, 3.8) is 0 Å². The monoisotopic (exact) mass is 351 g/mol. The van der Waals surface area contributed by atoms with E-state index < -0.39 is 6.43 Å². The summed E-state index contributed by atoms with van der Waals surface area (Å²) in [6.07, 6.45) is 2.67. The average Bonchev–Trinajstić information content (AvgIpc) is 2.79. The topological polar surface area (TPSA) is 12.9 Å². The maximum atomic E-state index is 13.7. The molecule has 0 N–H and O–H groups in total. The van der Waals surface area contributed by atoms with E-state index in [2.05, 4.69) is 4.98 Å². The van der Waals surface area contributed by atoms with Gasteiger partial charge in [-0.3, -0.25) is 4.98 Å². The first kappa shape index (κ1) is 16.6. The van der Waals surface area contributed by atoms with Crippen molar-refractivity contribution in [3.8, 4) is 0 Å². The third-order valence-electron chi connectivity index (χ3n) is 4.67. The fourth-order valence-corrected chi connectivity index (χ4v) is 3.37. The highest BCUT2D eigenvalue weighted by Crippen LogP contribution is 2.34. The first-order valence-corrected chi connectivity index (χ1v) is 8.45. The summed E-state index contributed by atoms with van der Waals surface area (Å²) in [5.74, 6) is -0.261. The van der Waals surface area contributed by atoms with E-state index in [1.807, 2.05) is 18.2 Å². The summed E-state index contributed by atoms with van der Waals surface area (Å²) in [5.41, 5.74) is 5.59. The van der Waals surface area contributed by atoms with Crippen molar-refractivity contribution < 1.29 is 13.2 Å². The number of nitrogens with zero attached hydrogens (tertiary/aromatic N) is 1. The third-order valence-corrected chi connectivity index (χ3v) is 4.67. The summed E-state index contributed by atoms with van der Waals surface area (Å²) in [5, 5.41) is 0. The SMILES string of the molecule is Fc1ccc2c(c1)CCc1ncccc1C2=Cc1ccc(C(F)F)cc1. The lowest BCUT2D eigenvalue weighted by Crippen LogP contribution is -1.95. The minimum absolute atomic E-state index is 0.00226. The molecule has 0 amide bonds. The third kappa shape index (κ3) is 3.15. The molecule has 0 unspecified atom stereocenters. The van der Waals surface area contributed by atoms with E-state index in [1.54, 1.807) is 30.5 Å². The van der Waals surface area contributed by atoms with Gasteiger partial charge in [-0.25, -0.2) is 13.2 Å². The number of pyridine rings is 1. The van der Waals surface area contributed by atoms with Crippen LogP contribution >= 0.6 is 0 Å². The van der Waals surface area contributed by atoms with Crippen LogP contribution in [0.1, 0.15) is 39.9 Å². The van der Waals surface area contributed by atoms with Crippen molar-refractivity contribution in [1.82, 2.24) is 4.98 Å². The first-order chi connectivity index (χ1) is 12.6. The smallest absolute Gasteiger partial charge is 0.261 e. The van der Waals surface area contributed by atoms with Crippen molar-refractivity contribution in [1.29, 1.82) is 0 Å². The minimum Gasteiger partial charge on any atom is -0.261 e. The van der Waals surface area contributed by atoms with Crippen LogP contribution < -0.4 is 0 Å². The van der Waals surface area contributed by atoms with Gasteiger partial charge in [-0.15, -0.1) is 0 Å². The van der Waals surface area contributed by atoms with Crippen molar-refractivity contribution in [2.24, 2.45) is 0 Å². The molecule has 2 aromatic carbocycles. The van der Waals surface area contributed by atoms with E-state index >= 15 is 0 Å². The van der Waals surface area contributed by atoms with Gasteiger partial charge in [0.1, 0.15) is 5.82 Å². The Balaban J connectivity index is 1.88. The molecule has 1 aliphatic carbocycles. The average molecular weight is 351 g/mol. The zero-order chi connectivity index (χ0) is 18.1. The number of aryl methyl sites for hydroxylation is 2. The number of hydrogen-bond acceptors (Lipinski definition) is 1. The highest BCUT2D eigenvalue weighted by Gasteiger charge is 2.19. The van der Waals surface area contributed by atoms with E-state index in [0.717, 1.165) is 39.9 Å². The molecule has 4 heteroatoms. The van der Waals surface area contributed by atoms with Gasteiger partial charge in [0.05, 0.1) is 0 Å². The normalized spacial score (nSPS) is 14.8. The van der Waals surface area contributed by atoms with Crippen LogP contribution in [0.2, 0.25) is 0 Å². The number of halogens is 3. The molecule has 0 aliphatic heterocycles. The summed E-state index contributed by atoms with van der Waals surface area (Å²) in [6.45, 7) is 0. The van der Waals surface area contributed by atoms with E-state index in [4.69, 9.17) is 0 Å². The Bertz CT molecular complexity index is 975. The number of benzene rings is 2. The number of rotatable bonds is 2. The second kappa shape index (κ2) is 6.79. The summed E-state index contributed by atoms with van der Waals surface area (Å²) >= 11 is 0. The van der Waals surface area contributed by atoms with Gasteiger partial charge < -0.3 is 0 Å². The standard InChI is InChI=1S/C22H16F3N/c23-17-8-9-18-16(13-17)7-10-21-19(2-1-11-26-21)20(18)12-14-3-5-15(6-4-14)22(24)25/h1-6,8-9,11-13,22H,7,10H2. The lowest BCUT2D eigenvalue weighted by atomic mass is 9.93. The van der Waals surface area contributed by atoms with E-state index in [-0.39, 0.29) is 11.4 Å². The van der Waals surface area contributed by atoms with E-state index in [1.165, 1.54) is 18.2 Å². The van der Waals surface area contributed by atoms with Gasteiger partial charge in [-0.05, 0) is 59.4 Å². The highest BCUT2D eigenvalue weighted by molar-refractivity contribution is 5.93. The lowest BCUT2D eigenvalue weighted by molar-refractivity contribution is 0.151. The Kier molecular flexibility index (Phi) is 4.33.